The summed E-state index contributed by atoms with van der Waals surface area (Å²) in [6, 6.07) is 11.5. The summed E-state index contributed by atoms with van der Waals surface area (Å²) in [5, 5.41) is 2.55. The molecule has 0 radical (unpaired) electrons. The lowest BCUT2D eigenvalue weighted by Gasteiger charge is -2.14. The molecule has 0 aromatic heterocycles. The number of hydrogen-bond acceptors (Lipinski definition) is 4. The first-order valence-corrected chi connectivity index (χ1v) is 10.5. The Balaban J connectivity index is 1.61. The van der Waals surface area contributed by atoms with E-state index in [1.807, 2.05) is 24.3 Å². The van der Waals surface area contributed by atoms with Crippen molar-refractivity contribution in [2.24, 2.45) is 0 Å². The van der Waals surface area contributed by atoms with E-state index in [-0.39, 0.29) is 29.8 Å². The maximum Gasteiger partial charge on any atom is 0.266 e. The van der Waals surface area contributed by atoms with Gasteiger partial charge in [-0.1, -0.05) is 63.6 Å². The van der Waals surface area contributed by atoms with Gasteiger partial charge >= 0.3 is 0 Å². The quantitative estimate of drug-likeness (QED) is 0.438. The Kier molecular flexibility index (Phi) is 6.87. The first-order valence-electron chi connectivity index (χ1n) is 8.09. The Morgan fingerprint density at radius 2 is 2.11 bits per heavy atom. The maximum atomic E-state index is 13.2. The second kappa shape index (κ2) is 9.17. The van der Waals surface area contributed by atoms with Crippen LogP contribution in [0.15, 0.2) is 51.8 Å². The Labute approximate surface area is 184 Å². The van der Waals surface area contributed by atoms with Crippen LogP contribution in [0.25, 0.3) is 6.08 Å². The molecule has 1 N–H and O–H groups in total. The van der Waals surface area contributed by atoms with Gasteiger partial charge in [-0.15, -0.1) is 0 Å². The summed E-state index contributed by atoms with van der Waals surface area (Å²) < 4.78 is 14.5. The number of carbonyl (C=O) groups excluding carboxylic acids is 2. The SMILES string of the molecule is O=C(CCN1C(=O)C(=Cc2cccc(Br)c2)SC1=S)Nc1ccc(F)c(Cl)c1. The van der Waals surface area contributed by atoms with Crippen molar-refractivity contribution in [3.05, 3.63) is 68.2 Å². The highest BCUT2D eigenvalue weighted by molar-refractivity contribution is 9.10. The van der Waals surface area contributed by atoms with Crippen molar-refractivity contribution in [1.82, 2.24) is 4.90 Å². The number of thioether (sulfide) groups is 1. The standard InChI is InChI=1S/C19H13BrClFN2O2S2/c20-12-3-1-2-11(8-12)9-16-18(26)24(19(27)28-16)7-6-17(25)23-13-4-5-15(22)14(21)10-13/h1-5,8-10H,6-7H2,(H,23,25). The van der Waals surface area contributed by atoms with Crippen molar-refractivity contribution in [3.8, 4) is 0 Å². The van der Waals surface area contributed by atoms with Gasteiger partial charge in [-0.05, 0) is 42.0 Å². The molecule has 2 aromatic carbocycles. The topological polar surface area (TPSA) is 49.4 Å². The molecule has 28 heavy (non-hydrogen) atoms. The fraction of sp³-hybridized carbons (Fsp3) is 0.105. The molecule has 4 nitrogen and oxygen atoms in total. The van der Waals surface area contributed by atoms with E-state index in [4.69, 9.17) is 23.8 Å². The van der Waals surface area contributed by atoms with Crippen LogP contribution in [0.3, 0.4) is 0 Å². The smallest absolute Gasteiger partial charge is 0.266 e. The summed E-state index contributed by atoms with van der Waals surface area (Å²) in [5.74, 6) is -1.12. The number of carbonyl (C=O) groups is 2. The molecular weight excluding hydrogens is 487 g/mol. The molecule has 1 saturated heterocycles. The summed E-state index contributed by atoms with van der Waals surface area (Å²) in [6.07, 6.45) is 1.82. The fourth-order valence-corrected chi connectivity index (χ4v) is 4.36. The van der Waals surface area contributed by atoms with Gasteiger partial charge in [0.2, 0.25) is 5.91 Å². The molecule has 1 aliphatic rings. The highest BCUT2D eigenvalue weighted by Crippen LogP contribution is 2.33. The number of thiocarbonyl (C=S) groups is 1. The van der Waals surface area contributed by atoms with Crippen molar-refractivity contribution in [1.29, 1.82) is 0 Å². The van der Waals surface area contributed by atoms with Crippen LogP contribution in [0.2, 0.25) is 5.02 Å². The number of nitrogens with zero attached hydrogens (tertiary/aromatic N) is 1. The zero-order chi connectivity index (χ0) is 20.3. The summed E-state index contributed by atoms with van der Waals surface area (Å²) >= 11 is 15.6. The van der Waals surface area contributed by atoms with Crippen molar-refractivity contribution in [2.45, 2.75) is 6.42 Å². The molecule has 1 aliphatic heterocycles. The number of anilines is 1. The average Bonchev–Trinajstić information content (AvgIpc) is 2.90. The summed E-state index contributed by atoms with van der Waals surface area (Å²) in [5.41, 5.74) is 1.26. The molecule has 1 heterocycles. The Morgan fingerprint density at radius 3 is 2.82 bits per heavy atom. The number of nitrogens with one attached hydrogen (secondary N) is 1. The van der Waals surface area contributed by atoms with Crippen LogP contribution in [0.4, 0.5) is 10.1 Å². The Morgan fingerprint density at radius 1 is 1.32 bits per heavy atom. The summed E-state index contributed by atoms with van der Waals surface area (Å²) in [7, 11) is 0. The minimum atomic E-state index is -0.561. The van der Waals surface area contributed by atoms with Crippen molar-refractivity contribution >= 4 is 79.4 Å². The number of rotatable bonds is 5. The largest absolute Gasteiger partial charge is 0.326 e. The van der Waals surface area contributed by atoms with E-state index in [0.717, 1.165) is 10.0 Å². The molecule has 0 unspecified atom stereocenters. The lowest BCUT2D eigenvalue weighted by Crippen LogP contribution is -2.31. The molecular formula is C19H13BrClFN2O2S2. The third-order valence-corrected chi connectivity index (χ3v) is 5.95. The molecule has 0 spiro atoms. The van der Waals surface area contributed by atoms with Gasteiger partial charge < -0.3 is 5.32 Å². The van der Waals surface area contributed by atoms with E-state index in [1.54, 1.807) is 6.08 Å². The van der Waals surface area contributed by atoms with Crippen LogP contribution in [0.5, 0.6) is 0 Å². The zero-order valence-corrected chi connectivity index (χ0v) is 18.2. The van der Waals surface area contributed by atoms with Crippen molar-refractivity contribution in [3.63, 3.8) is 0 Å². The van der Waals surface area contributed by atoms with Gasteiger partial charge in [-0.2, -0.15) is 0 Å². The number of halogens is 3. The monoisotopic (exact) mass is 498 g/mol. The molecule has 1 fully saturated rings. The van der Waals surface area contributed by atoms with E-state index >= 15 is 0 Å². The van der Waals surface area contributed by atoms with E-state index in [1.165, 1.54) is 34.9 Å². The molecule has 2 amide bonds. The molecule has 0 aliphatic carbocycles. The number of amides is 2. The van der Waals surface area contributed by atoms with Crippen molar-refractivity contribution < 1.29 is 14.0 Å². The van der Waals surface area contributed by atoms with E-state index < -0.39 is 5.82 Å². The van der Waals surface area contributed by atoms with Crippen LogP contribution in [0.1, 0.15) is 12.0 Å². The normalized spacial score (nSPS) is 15.4. The van der Waals surface area contributed by atoms with Crippen molar-refractivity contribution in [2.75, 3.05) is 11.9 Å². The Hall–Kier alpha value is -1.74. The number of benzene rings is 2. The first kappa shape index (κ1) is 21.0. The molecule has 2 aromatic rings. The minimum Gasteiger partial charge on any atom is -0.326 e. The average molecular weight is 500 g/mol. The van der Waals surface area contributed by atoms with E-state index in [2.05, 4.69) is 21.2 Å². The van der Waals surface area contributed by atoms with Crippen LogP contribution in [0, 0.1) is 5.82 Å². The fourth-order valence-electron chi connectivity index (χ4n) is 2.45. The lowest BCUT2D eigenvalue weighted by atomic mass is 10.2. The van der Waals surface area contributed by atoms with Gasteiger partial charge in [-0.3, -0.25) is 14.5 Å². The Bertz CT molecular complexity index is 1000. The van der Waals surface area contributed by atoms with Crippen LogP contribution < -0.4 is 5.32 Å². The minimum absolute atomic E-state index is 0.0472. The molecule has 144 valence electrons. The molecule has 3 rings (SSSR count). The first-order chi connectivity index (χ1) is 13.3. The van der Waals surface area contributed by atoms with E-state index in [9.17, 15) is 14.0 Å². The summed E-state index contributed by atoms with van der Waals surface area (Å²) in [6.45, 7) is 0.154. The number of hydrogen-bond donors (Lipinski definition) is 1. The third kappa shape index (κ3) is 5.20. The molecule has 0 bridgehead atoms. The van der Waals surface area contributed by atoms with Gasteiger partial charge in [0.1, 0.15) is 10.1 Å². The van der Waals surface area contributed by atoms with Crippen LogP contribution in [-0.4, -0.2) is 27.6 Å². The highest BCUT2D eigenvalue weighted by atomic mass is 79.9. The van der Waals surface area contributed by atoms with Crippen LogP contribution >= 0.6 is 51.5 Å². The lowest BCUT2D eigenvalue weighted by molar-refractivity contribution is -0.122. The maximum absolute atomic E-state index is 13.2. The second-order valence-corrected chi connectivity index (χ2v) is 8.81. The van der Waals surface area contributed by atoms with Crippen LogP contribution in [-0.2, 0) is 9.59 Å². The van der Waals surface area contributed by atoms with E-state index in [0.29, 0.717) is 14.9 Å². The van der Waals surface area contributed by atoms with Gasteiger partial charge in [0.15, 0.2) is 0 Å². The molecule has 0 atom stereocenters. The van der Waals surface area contributed by atoms with Gasteiger partial charge in [-0.25, -0.2) is 4.39 Å². The molecule has 9 heteroatoms. The third-order valence-electron chi connectivity index (χ3n) is 3.79. The van der Waals surface area contributed by atoms with Gasteiger partial charge in [0, 0.05) is 23.1 Å². The summed E-state index contributed by atoms with van der Waals surface area (Å²) in [4.78, 5) is 26.6. The highest BCUT2D eigenvalue weighted by Gasteiger charge is 2.32. The predicted molar refractivity (Wildman–Crippen MR) is 119 cm³/mol. The van der Waals surface area contributed by atoms with Gasteiger partial charge in [0.05, 0.1) is 9.93 Å². The molecule has 0 saturated carbocycles. The predicted octanol–water partition coefficient (Wildman–Crippen LogP) is 5.47. The zero-order valence-electron chi connectivity index (χ0n) is 14.2. The van der Waals surface area contributed by atoms with Gasteiger partial charge in [0.25, 0.3) is 5.91 Å². The second-order valence-electron chi connectivity index (χ2n) is 5.82.